The topological polar surface area (TPSA) is 56.3 Å². The minimum absolute atomic E-state index is 0.291. The molecular weight excluding hydrogens is 313 g/mol. The molecule has 0 fully saturated rings. The monoisotopic (exact) mass is 327 g/mol. The average molecular weight is 328 g/mol. The van der Waals surface area contributed by atoms with Gasteiger partial charge in [0.25, 0.3) is 0 Å². The van der Waals surface area contributed by atoms with Crippen LogP contribution in [-0.2, 0) is 11.3 Å². The van der Waals surface area contributed by atoms with Crippen LogP contribution in [0.25, 0.3) is 0 Å². The second kappa shape index (κ2) is 7.45. The summed E-state index contributed by atoms with van der Waals surface area (Å²) in [4.78, 5) is 8.58. The van der Waals surface area contributed by atoms with Crippen molar-refractivity contribution in [2.75, 3.05) is 19.0 Å². The van der Waals surface area contributed by atoms with Crippen molar-refractivity contribution in [3.8, 4) is 11.6 Å². The predicted molar refractivity (Wildman–Crippen MR) is 83.4 cm³/mol. The summed E-state index contributed by atoms with van der Waals surface area (Å²) in [6.07, 6.45) is 0. The summed E-state index contributed by atoms with van der Waals surface area (Å²) in [6.45, 7) is 3.01. The number of rotatable bonds is 6. The van der Waals surface area contributed by atoms with Crippen LogP contribution in [-0.4, -0.2) is 23.6 Å². The lowest BCUT2D eigenvalue weighted by atomic mass is 10.3. The summed E-state index contributed by atoms with van der Waals surface area (Å²) < 4.78 is 10.8. The van der Waals surface area contributed by atoms with E-state index in [2.05, 4.69) is 15.3 Å². The van der Waals surface area contributed by atoms with Crippen molar-refractivity contribution in [2.45, 2.75) is 13.5 Å². The van der Waals surface area contributed by atoms with Crippen LogP contribution in [0.5, 0.6) is 11.6 Å². The third kappa shape index (κ3) is 4.46. The average Bonchev–Trinajstić information content (AvgIpc) is 2.43. The molecule has 0 aliphatic carbocycles. The number of methoxy groups -OCH3 is 1. The molecule has 0 radical (unpaired) electrons. The van der Waals surface area contributed by atoms with E-state index in [4.69, 9.17) is 32.7 Å². The Labute approximate surface area is 133 Å². The van der Waals surface area contributed by atoms with Gasteiger partial charge in [0.15, 0.2) is 5.82 Å². The highest BCUT2D eigenvalue weighted by molar-refractivity contribution is 6.34. The number of ether oxygens (including phenoxy) is 2. The molecule has 0 spiro atoms. The van der Waals surface area contributed by atoms with E-state index in [1.165, 1.54) is 0 Å². The Balaban J connectivity index is 2.31. The largest absolute Gasteiger partial charge is 0.437 e. The van der Waals surface area contributed by atoms with Crippen LogP contribution in [0.4, 0.5) is 5.82 Å². The van der Waals surface area contributed by atoms with Crippen LogP contribution >= 0.6 is 23.2 Å². The van der Waals surface area contributed by atoms with Gasteiger partial charge < -0.3 is 14.8 Å². The molecule has 0 atom stereocenters. The first kappa shape index (κ1) is 15.8. The van der Waals surface area contributed by atoms with E-state index in [9.17, 15) is 0 Å². The van der Waals surface area contributed by atoms with Gasteiger partial charge in [0.05, 0.1) is 5.02 Å². The SMILES string of the molecule is CCNc1cc(Oc2cc(Cl)ccc2Cl)nc(COC)n1. The lowest BCUT2D eigenvalue weighted by molar-refractivity contribution is 0.177. The predicted octanol–water partition coefficient (Wildman–Crippen LogP) is 4.15. The van der Waals surface area contributed by atoms with E-state index in [0.717, 1.165) is 6.54 Å². The van der Waals surface area contributed by atoms with Gasteiger partial charge in [0, 0.05) is 30.8 Å². The molecule has 1 heterocycles. The van der Waals surface area contributed by atoms with Crippen molar-refractivity contribution in [1.82, 2.24) is 9.97 Å². The number of anilines is 1. The first-order chi connectivity index (χ1) is 10.1. The Morgan fingerprint density at radius 3 is 2.71 bits per heavy atom. The number of hydrogen-bond acceptors (Lipinski definition) is 5. The van der Waals surface area contributed by atoms with Crippen molar-refractivity contribution < 1.29 is 9.47 Å². The second-order valence-corrected chi connectivity index (χ2v) is 4.99. The quantitative estimate of drug-likeness (QED) is 0.863. The summed E-state index contributed by atoms with van der Waals surface area (Å²) in [5.41, 5.74) is 0. The van der Waals surface area contributed by atoms with E-state index in [0.29, 0.717) is 39.9 Å². The Kier molecular flexibility index (Phi) is 5.61. The fourth-order valence-corrected chi connectivity index (χ4v) is 1.98. The van der Waals surface area contributed by atoms with Gasteiger partial charge in [-0.1, -0.05) is 23.2 Å². The number of nitrogens with one attached hydrogen (secondary N) is 1. The molecule has 2 aromatic rings. The zero-order chi connectivity index (χ0) is 15.2. The van der Waals surface area contributed by atoms with E-state index >= 15 is 0 Å². The third-order valence-corrected chi connectivity index (χ3v) is 3.04. The number of aromatic nitrogens is 2. The molecule has 0 bridgehead atoms. The van der Waals surface area contributed by atoms with Crippen LogP contribution < -0.4 is 10.1 Å². The van der Waals surface area contributed by atoms with Gasteiger partial charge in [0.2, 0.25) is 5.88 Å². The molecule has 2 rings (SSSR count). The molecule has 0 unspecified atom stereocenters. The zero-order valence-corrected chi connectivity index (χ0v) is 13.2. The van der Waals surface area contributed by atoms with E-state index in [1.807, 2.05) is 6.92 Å². The van der Waals surface area contributed by atoms with Gasteiger partial charge in [-0.05, 0) is 19.1 Å². The highest BCUT2D eigenvalue weighted by Gasteiger charge is 2.09. The third-order valence-electron chi connectivity index (χ3n) is 2.49. The van der Waals surface area contributed by atoms with Gasteiger partial charge in [-0.2, -0.15) is 4.98 Å². The fourth-order valence-electron chi connectivity index (χ4n) is 1.66. The molecule has 7 heteroatoms. The molecule has 0 amide bonds. The molecule has 21 heavy (non-hydrogen) atoms. The van der Waals surface area contributed by atoms with E-state index < -0.39 is 0 Å². The van der Waals surface area contributed by atoms with Crippen LogP contribution in [0.1, 0.15) is 12.7 Å². The number of hydrogen-bond donors (Lipinski definition) is 1. The van der Waals surface area contributed by atoms with Crippen LogP contribution in [0.3, 0.4) is 0 Å². The Morgan fingerprint density at radius 1 is 1.19 bits per heavy atom. The fraction of sp³-hybridized carbons (Fsp3) is 0.286. The molecule has 1 N–H and O–H groups in total. The molecule has 0 saturated carbocycles. The maximum absolute atomic E-state index is 6.08. The smallest absolute Gasteiger partial charge is 0.224 e. The molecule has 0 aliphatic rings. The standard InChI is InChI=1S/C14H15Cl2N3O2/c1-3-17-12-7-14(19-13(18-12)8-20-2)21-11-6-9(15)4-5-10(11)16/h4-7H,3,8H2,1-2H3,(H,17,18,19). The Morgan fingerprint density at radius 2 is 2.00 bits per heavy atom. The molecule has 112 valence electrons. The summed E-state index contributed by atoms with van der Waals surface area (Å²) in [7, 11) is 1.58. The van der Waals surface area contributed by atoms with Crippen molar-refractivity contribution in [1.29, 1.82) is 0 Å². The lowest BCUT2D eigenvalue weighted by Gasteiger charge is -2.10. The summed E-state index contributed by atoms with van der Waals surface area (Å²) in [5, 5.41) is 4.10. The number of halogens is 2. The van der Waals surface area contributed by atoms with Gasteiger partial charge in [-0.3, -0.25) is 0 Å². The molecule has 0 saturated heterocycles. The van der Waals surface area contributed by atoms with E-state index in [1.54, 1.807) is 31.4 Å². The first-order valence-corrected chi connectivity index (χ1v) is 7.11. The summed E-state index contributed by atoms with van der Waals surface area (Å²) >= 11 is 12.0. The molecule has 1 aromatic heterocycles. The van der Waals surface area contributed by atoms with Crippen molar-refractivity contribution >= 4 is 29.0 Å². The maximum Gasteiger partial charge on any atom is 0.224 e. The highest BCUT2D eigenvalue weighted by Crippen LogP contribution is 2.31. The van der Waals surface area contributed by atoms with Gasteiger partial charge in [0.1, 0.15) is 18.2 Å². The minimum Gasteiger partial charge on any atom is -0.437 e. The van der Waals surface area contributed by atoms with Crippen LogP contribution in [0, 0.1) is 0 Å². The molecule has 0 aliphatic heterocycles. The Hall–Kier alpha value is -1.56. The molecule has 5 nitrogen and oxygen atoms in total. The zero-order valence-electron chi connectivity index (χ0n) is 11.7. The normalized spacial score (nSPS) is 10.5. The van der Waals surface area contributed by atoms with Crippen molar-refractivity contribution in [3.05, 3.63) is 40.1 Å². The second-order valence-electron chi connectivity index (χ2n) is 4.15. The van der Waals surface area contributed by atoms with Gasteiger partial charge in [-0.25, -0.2) is 4.98 Å². The molecular formula is C14H15Cl2N3O2. The van der Waals surface area contributed by atoms with Gasteiger partial charge >= 0.3 is 0 Å². The number of benzene rings is 1. The number of nitrogens with zero attached hydrogens (tertiary/aromatic N) is 2. The highest BCUT2D eigenvalue weighted by atomic mass is 35.5. The summed E-state index contributed by atoms with van der Waals surface area (Å²) in [5.74, 6) is 1.99. The van der Waals surface area contributed by atoms with Gasteiger partial charge in [-0.15, -0.1) is 0 Å². The van der Waals surface area contributed by atoms with Crippen LogP contribution in [0.2, 0.25) is 10.0 Å². The van der Waals surface area contributed by atoms with Crippen LogP contribution in [0.15, 0.2) is 24.3 Å². The van der Waals surface area contributed by atoms with E-state index in [-0.39, 0.29) is 0 Å². The summed E-state index contributed by atoms with van der Waals surface area (Å²) in [6, 6.07) is 6.69. The lowest BCUT2D eigenvalue weighted by Crippen LogP contribution is -2.05. The maximum atomic E-state index is 6.08. The Bertz CT molecular complexity index is 599. The van der Waals surface area contributed by atoms with Crippen molar-refractivity contribution in [2.24, 2.45) is 0 Å². The van der Waals surface area contributed by atoms with Crippen molar-refractivity contribution in [3.63, 3.8) is 0 Å². The minimum atomic E-state index is 0.291. The first-order valence-electron chi connectivity index (χ1n) is 6.36. The molecule has 1 aromatic carbocycles.